The molecule has 2 aromatic heterocycles. The smallest absolute Gasteiger partial charge is 0.101 e. The number of nitrogens with zero attached hydrogens (tertiary/aromatic N) is 2. The molecule has 1 atom stereocenters. The molecule has 4 heteroatoms. The maximum absolute atomic E-state index is 5.39. The van der Waals surface area contributed by atoms with Crippen molar-refractivity contribution < 1.29 is 4.42 Å². The first-order valence-corrected chi connectivity index (χ1v) is 6.06. The highest BCUT2D eigenvalue weighted by atomic mass is 16.3. The summed E-state index contributed by atoms with van der Waals surface area (Å²) in [5, 5.41) is 7.78. The number of aromatic nitrogens is 2. The van der Waals surface area contributed by atoms with Crippen molar-refractivity contribution in [2.24, 2.45) is 0 Å². The van der Waals surface area contributed by atoms with Gasteiger partial charge < -0.3 is 9.73 Å². The van der Waals surface area contributed by atoms with E-state index in [1.54, 1.807) is 0 Å². The van der Waals surface area contributed by atoms with Gasteiger partial charge in [0.15, 0.2) is 0 Å². The number of aryl methyl sites for hydroxylation is 2. The molecule has 2 rings (SSSR count). The first-order valence-electron chi connectivity index (χ1n) is 6.06. The molecule has 1 unspecified atom stereocenters. The minimum absolute atomic E-state index is 0.153. The average molecular weight is 233 g/mol. The van der Waals surface area contributed by atoms with E-state index in [9.17, 15) is 0 Å². The summed E-state index contributed by atoms with van der Waals surface area (Å²) in [5.41, 5.74) is 2.33. The van der Waals surface area contributed by atoms with Crippen LogP contribution in [-0.2, 0) is 6.54 Å². The van der Waals surface area contributed by atoms with Crippen LogP contribution in [0, 0.1) is 6.92 Å². The minimum Gasteiger partial charge on any atom is -0.469 e. The molecule has 0 amide bonds. The molecule has 0 bridgehead atoms. The summed E-state index contributed by atoms with van der Waals surface area (Å²) in [6, 6.07) is 4.28. The third kappa shape index (κ3) is 2.42. The molecule has 4 nitrogen and oxygen atoms in total. The normalized spacial score (nSPS) is 12.9. The fourth-order valence-corrected chi connectivity index (χ4v) is 2.06. The number of nitrogens with one attached hydrogen (secondary N) is 1. The molecule has 2 aromatic rings. The molecule has 92 valence electrons. The SMILES string of the molecule is CCNC(c1coc(C)c1)c1ccnn1CC. The van der Waals surface area contributed by atoms with Crippen LogP contribution in [0.5, 0.6) is 0 Å². The molecule has 0 fully saturated rings. The van der Waals surface area contributed by atoms with Crippen LogP contribution in [0.15, 0.2) is 29.0 Å². The van der Waals surface area contributed by atoms with E-state index in [0.29, 0.717) is 0 Å². The van der Waals surface area contributed by atoms with Crippen molar-refractivity contribution in [1.29, 1.82) is 0 Å². The van der Waals surface area contributed by atoms with Gasteiger partial charge in [-0.3, -0.25) is 4.68 Å². The summed E-state index contributed by atoms with van der Waals surface area (Å²) in [5.74, 6) is 0.936. The van der Waals surface area contributed by atoms with Crippen LogP contribution >= 0.6 is 0 Å². The lowest BCUT2D eigenvalue weighted by Gasteiger charge is -2.17. The zero-order chi connectivity index (χ0) is 12.3. The third-order valence-electron chi connectivity index (χ3n) is 2.84. The van der Waals surface area contributed by atoms with E-state index >= 15 is 0 Å². The van der Waals surface area contributed by atoms with Gasteiger partial charge in [0.1, 0.15) is 5.76 Å². The first-order chi connectivity index (χ1) is 8.26. The van der Waals surface area contributed by atoms with Gasteiger partial charge in [-0.1, -0.05) is 6.92 Å². The van der Waals surface area contributed by atoms with Crippen LogP contribution in [-0.4, -0.2) is 16.3 Å². The molecule has 0 spiro atoms. The second-order valence-electron chi connectivity index (χ2n) is 4.05. The quantitative estimate of drug-likeness (QED) is 0.862. The van der Waals surface area contributed by atoms with Crippen molar-refractivity contribution in [1.82, 2.24) is 15.1 Å². The molecular formula is C13H19N3O. The fourth-order valence-electron chi connectivity index (χ4n) is 2.06. The van der Waals surface area contributed by atoms with E-state index in [-0.39, 0.29) is 6.04 Å². The van der Waals surface area contributed by atoms with Crippen molar-refractivity contribution in [3.05, 3.63) is 41.6 Å². The fraction of sp³-hybridized carbons (Fsp3) is 0.462. The van der Waals surface area contributed by atoms with Gasteiger partial charge in [-0.2, -0.15) is 5.10 Å². The molecule has 0 saturated carbocycles. The van der Waals surface area contributed by atoms with Crippen molar-refractivity contribution >= 4 is 0 Å². The van der Waals surface area contributed by atoms with Crippen molar-refractivity contribution in [3.8, 4) is 0 Å². The van der Waals surface area contributed by atoms with Crippen molar-refractivity contribution in [2.75, 3.05) is 6.54 Å². The number of rotatable bonds is 5. The summed E-state index contributed by atoms with van der Waals surface area (Å²) < 4.78 is 7.40. The van der Waals surface area contributed by atoms with E-state index < -0.39 is 0 Å². The van der Waals surface area contributed by atoms with Gasteiger partial charge in [-0.15, -0.1) is 0 Å². The molecular weight excluding hydrogens is 214 g/mol. The van der Waals surface area contributed by atoms with Gasteiger partial charge in [-0.05, 0) is 32.5 Å². The van der Waals surface area contributed by atoms with Gasteiger partial charge in [0.05, 0.1) is 18.0 Å². The zero-order valence-electron chi connectivity index (χ0n) is 10.6. The van der Waals surface area contributed by atoms with Crippen molar-refractivity contribution in [2.45, 2.75) is 33.4 Å². The van der Waals surface area contributed by atoms with Crippen LogP contribution < -0.4 is 5.32 Å². The van der Waals surface area contributed by atoms with Crippen LogP contribution in [0.1, 0.15) is 36.9 Å². The Hall–Kier alpha value is -1.55. The third-order valence-corrected chi connectivity index (χ3v) is 2.84. The second kappa shape index (κ2) is 5.19. The van der Waals surface area contributed by atoms with Crippen LogP contribution in [0.4, 0.5) is 0 Å². The van der Waals surface area contributed by atoms with Crippen LogP contribution in [0.3, 0.4) is 0 Å². The Kier molecular flexibility index (Phi) is 3.64. The Morgan fingerprint density at radius 2 is 2.29 bits per heavy atom. The van der Waals surface area contributed by atoms with Gasteiger partial charge in [-0.25, -0.2) is 0 Å². The first kappa shape index (κ1) is 11.9. The highest BCUT2D eigenvalue weighted by Crippen LogP contribution is 2.23. The molecule has 0 aliphatic carbocycles. The average Bonchev–Trinajstić information content (AvgIpc) is 2.94. The Morgan fingerprint density at radius 3 is 2.88 bits per heavy atom. The van der Waals surface area contributed by atoms with E-state index in [2.05, 4.69) is 36.4 Å². The predicted octanol–water partition coefficient (Wildman–Crippen LogP) is 2.50. The topological polar surface area (TPSA) is 43.0 Å². The number of hydrogen-bond donors (Lipinski definition) is 1. The van der Waals surface area contributed by atoms with Crippen LogP contribution in [0.2, 0.25) is 0 Å². The minimum atomic E-state index is 0.153. The number of furan rings is 1. The monoisotopic (exact) mass is 233 g/mol. The maximum Gasteiger partial charge on any atom is 0.101 e. The largest absolute Gasteiger partial charge is 0.469 e. The second-order valence-corrected chi connectivity index (χ2v) is 4.05. The summed E-state index contributed by atoms with van der Waals surface area (Å²) in [6.45, 7) is 7.95. The van der Waals surface area contributed by atoms with E-state index in [0.717, 1.165) is 24.4 Å². The highest BCUT2D eigenvalue weighted by Gasteiger charge is 2.18. The molecule has 0 aliphatic heterocycles. The summed E-state index contributed by atoms with van der Waals surface area (Å²) in [6.07, 6.45) is 3.66. The molecule has 0 saturated heterocycles. The van der Waals surface area contributed by atoms with Crippen LogP contribution in [0.25, 0.3) is 0 Å². The van der Waals surface area contributed by atoms with Crippen molar-refractivity contribution in [3.63, 3.8) is 0 Å². The molecule has 1 N–H and O–H groups in total. The Bertz CT molecular complexity index is 472. The van der Waals surface area contributed by atoms with Gasteiger partial charge in [0.25, 0.3) is 0 Å². The zero-order valence-corrected chi connectivity index (χ0v) is 10.6. The Balaban J connectivity index is 2.35. The molecule has 0 aliphatic rings. The molecule has 2 heterocycles. The lowest BCUT2D eigenvalue weighted by molar-refractivity contribution is 0.514. The molecule has 17 heavy (non-hydrogen) atoms. The predicted molar refractivity (Wildman–Crippen MR) is 66.9 cm³/mol. The summed E-state index contributed by atoms with van der Waals surface area (Å²) in [7, 11) is 0. The number of hydrogen-bond acceptors (Lipinski definition) is 3. The Labute approximate surface area is 102 Å². The lowest BCUT2D eigenvalue weighted by Crippen LogP contribution is -2.24. The summed E-state index contributed by atoms with van der Waals surface area (Å²) >= 11 is 0. The van der Waals surface area contributed by atoms with Gasteiger partial charge >= 0.3 is 0 Å². The molecule has 0 radical (unpaired) electrons. The van der Waals surface area contributed by atoms with Gasteiger partial charge in [0.2, 0.25) is 0 Å². The Morgan fingerprint density at radius 1 is 1.47 bits per heavy atom. The van der Waals surface area contributed by atoms with E-state index in [4.69, 9.17) is 4.42 Å². The standard InChI is InChI=1S/C13H19N3O/c1-4-14-13(11-8-10(3)17-9-11)12-6-7-15-16(12)5-2/h6-9,13-14H,4-5H2,1-3H3. The van der Waals surface area contributed by atoms with E-state index in [1.807, 2.05) is 24.1 Å². The molecule has 0 aromatic carbocycles. The van der Waals surface area contributed by atoms with Gasteiger partial charge in [0, 0.05) is 18.3 Å². The van der Waals surface area contributed by atoms with E-state index in [1.165, 1.54) is 5.69 Å². The maximum atomic E-state index is 5.39. The highest BCUT2D eigenvalue weighted by molar-refractivity contribution is 5.26. The summed E-state index contributed by atoms with van der Waals surface area (Å²) in [4.78, 5) is 0. The lowest BCUT2D eigenvalue weighted by atomic mass is 10.1.